The zero-order valence-corrected chi connectivity index (χ0v) is 10.6. The van der Waals surface area contributed by atoms with E-state index in [2.05, 4.69) is 9.47 Å². The Hall–Kier alpha value is -2.16. The van der Waals surface area contributed by atoms with Gasteiger partial charge in [0.15, 0.2) is 6.10 Å². The molecule has 0 saturated carbocycles. The number of carbonyl (C=O) groups excluding carboxylic acids is 2. The predicted molar refractivity (Wildman–Crippen MR) is 61.7 cm³/mol. The predicted octanol–water partition coefficient (Wildman–Crippen LogP) is -0.837. The number of ether oxygens (including phenoxy) is 2. The third-order valence-electron chi connectivity index (χ3n) is 2.02. The van der Waals surface area contributed by atoms with Gasteiger partial charge in [0.05, 0.1) is 32.3 Å². The molecule has 9 nitrogen and oxygen atoms in total. The third-order valence-corrected chi connectivity index (χ3v) is 2.02. The Morgan fingerprint density at radius 2 is 1.35 bits per heavy atom. The fourth-order valence-electron chi connectivity index (χ4n) is 1.04. The van der Waals surface area contributed by atoms with E-state index in [0.717, 1.165) is 0 Å². The highest BCUT2D eigenvalue weighted by molar-refractivity contribution is 5.77. The lowest BCUT2D eigenvalue weighted by atomic mass is 10.3. The van der Waals surface area contributed by atoms with E-state index in [0.29, 0.717) is 0 Å². The van der Waals surface area contributed by atoms with E-state index in [4.69, 9.17) is 15.3 Å². The fourth-order valence-corrected chi connectivity index (χ4v) is 1.04. The first-order valence-corrected chi connectivity index (χ1v) is 5.74. The molecule has 0 aliphatic heterocycles. The summed E-state index contributed by atoms with van der Waals surface area (Å²) in [5, 5.41) is 25.6. The summed E-state index contributed by atoms with van der Waals surface area (Å²) in [7, 11) is 0. The van der Waals surface area contributed by atoms with E-state index in [1.807, 2.05) is 0 Å². The van der Waals surface area contributed by atoms with Crippen LogP contribution < -0.4 is 0 Å². The summed E-state index contributed by atoms with van der Waals surface area (Å²) in [5.41, 5.74) is 0. The average molecular weight is 292 g/mol. The Morgan fingerprint density at radius 1 is 0.850 bits per heavy atom. The van der Waals surface area contributed by atoms with Crippen LogP contribution in [0.1, 0.15) is 25.7 Å². The van der Waals surface area contributed by atoms with Crippen LogP contribution in [-0.4, -0.2) is 58.5 Å². The van der Waals surface area contributed by atoms with Crippen LogP contribution >= 0.6 is 0 Å². The molecule has 0 rings (SSSR count). The number of carboxylic acids is 2. The molecule has 0 aromatic rings. The smallest absolute Gasteiger partial charge is 0.306 e. The van der Waals surface area contributed by atoms with Crippen LogP contribution in [0.25, 0.3) is 0 Å². The van der Waals surface area contributed by atoms with E-state index in [1.54, 1.807) is 0 Å². The summed E-state index contributed by atoms with van der Waals surface area (Å²) in [6, 6.07) is 0. The van der Waals surface area contributed by atoms with Crippen LogP contribution in [0.15, 0.2) is 0 Å². The fraction of sp³-hybridized carbons (Fsp3) is 0.636. The largest absolute Gasteiger partial charge is 0.481 e. The second kappa shape index (κ2) is 9.73. The third kappa shape index (κ3) is 9.83. The Labute approximate surface area is 114 Å². The van der Waals surface area contributed by atoms with Gasteiger partial charge in [0.25, 0.3) is 0 Å². The zero-order chi connectivity index (χ0) is 15.5. The molecule has 114 valence electrons. The van der Waals surface area contributed by atoms with Crippen molar-refractivity contribution in [3.8, 4) is 0 Å². The van der Waals surface area contributed by atoms with Crippen LogP contribution in [0.4, 0.5) is 0 Å². The molecule has 0 aliphatic rings. The maximum Gasteiger partial charge on any atom is 0.306 e. The van der Waals surface area contributed by atoms with Gasteiger partial charge in [-0.1, -0.05) is 0 Å². The van der Waals surface area contributed by atoms with Crippen LogP contribution in [0.5, 0.6) is 0 Å². The summed E-state index contributed by atoms with van der Waals surface area (Å²) in [4.78, 5) is 42.7. The molecule has 0 spiro atoms. The first-order chi connectivity index (χ1) is 9.35. The second-order valence-corrected chi connectivity index (χ2v) is 3.76. The standard InChI is InChI=1S/C11H16O9/c12-5-7(20-11(18)4-2-9(15)16)6-19-10(17)3-1-8(13)14/h7,12H,1-6H2,(H,13,14)(H,15,16). The van der Waals surface area contributed by atoms with Gasteiger partial charge in [-0.15, -0.1) is 0 Å². The van der Waals surface area contributed by atoms with Gasteiger partial charge in [-0.25, -0.2) is 0 Å². The molecule has 0 radical (unpaired) electrons. The molecule has 20 heavy (non-hydrogen) atoms. The van der Waals surface area contributed by atoms with Crippen LogP contribution in [0.2, 0.25) is 0 Å². The van der Waals surface area contributed by atoms with Gasteiger partial charge in [0, 0.05) is 0 Å². The molecule has 0 aromatic heterocycles. The Kier molecular flexibility index (Phi) is 8.68. The number of rotatable bonds is 10. The molecule has 0 heterocycles. The number of carbonyl (C=O) groups is 4. The van der Waals surface area contributed by atoms with Gasteiger partial charge in [-0.2, -0.15) is 0 Å². The maximum absolute atomic E-state index is 11.2. The quantitative estimate of drug-likeness (QED) is 0.438. The number of carboxylic acid groups (broad SMARTS) is 2. The van der Waals surface area contributed by atoms with Crippen molar-refractivity contribution < 1.29 is 44.0 Å². The number of aliphatic hydroxyl groups excluding tert-OH is 1. The normalized spacial score (nSPS) is 11.4. The van der Waals surface area contributed by atoms with Gasteiger partial charge in [-0.3, -0.25) is 19.2 Å². The highest BCUT2D eigenvalue weighted by Crippen LogP contribution is 2.01. The number of hydrogen-bond acceptors (Lipinski definition) is 7. The number of hydrogen-bond donors (Lipinski definition) is 3. The first kappa shape index (κ1) is 17.8. The van der Waals surface area contributed by atoms with Crippen LogP contribution in [0.3, 0.4) is 0 Å². The minimum absolute atomic E-state index is 0.333. The minimum Gasteiger partial charge on any atom is -0.481 e. The zero-order valence-electron chi connectivity index (χ0n) is 10.6. The Bertz CT molecular complexity index is 363. The van der Waals surface area contributed by atoms with E-state index in [-0.39, 0.29) is 19.3 Å². The molecule has 0 amide bonds. The summed E-state index contributed by atoms with van der Waals surface area (Å²) in [5.74, 6) is -3.95. The average Bonchev–Trinajstić information content (AvgIpc) is 2.38. The molecule has 0 aromatic carbocycles. The molecule has 0 fully saturated rings. The summed E-state index contributed by atoms with van der Waals surface area (Å²) in [6.07, 6.45) is -2.60. The topological polar surface area (TPSA) is 147 Å². The van der Waals surface area contributed by atoms with Gasteiger partial charge in [0.1, 0.15) is 6.61 Å². The van der Waals surface area contributed by atoms with E-state index in [1.165, 1.54) is 0 Å². The molecule has 0 bridgehead atoms. The van der Waals surface area contributed by atoms with Crippen molar-refractivity contribution in [2.75, 3.05) is 13.2 Å². The van der Waals surface area contributed by atoms with Crippen molar-refractivity contribution in [3.63, 3.8) is 0 Å². The molecule has 1 unspecified atom stereocenters. The van der Waals surface area contributed by atoms with Crippen molar-refractivity contribution in [3.05, 3.63) is 0 Å². The highest BCUT2D eigenvalue weighted by Gasteiger charge is 2.17. The molecule has 1 atom stereocenters. The van der Waals surface area contributed by atoms with Crippen molar-refractivity contribution in [1.82, 2.24) is 0 Å². The minimum atomic E-state index is -1.16. The lowest BCUT2D eigenvalue weighted by Crippen LogP contribution is -2.28. The number of esters is 2. The van der Waals surface area contributed by atoms with Crippen LogP contribution in [-0.2, 0) is 28.7 Å². The number of aliphatic hydroxyl groups is 1. The maximum atomic E-state index is 11.2. The SMILES string of the molecule is O=C(O)CCC(=O)OCC(CO)OC(=O)CCC(=O)O. The molecular formula is C11H16O9. The summed E-state index contributed by atoms with van der Waals surface area (Å²) < 4.78 is 9.30. The van der Waals surface area contributed by atoms with Gasteiger partial charge in [0.2, 0.25) is 0 Å². The lowest BCUT2D eigenvalue weighted by Gasteiger charge is -2.15. The highest BCUT2D eigenvalue weighted by atomic mass is 16.6. The molecular weight excluding hydrogens is 276 g/mol. The summed E-state index contributed by atoms with van der Waals surface area (Å²) in [6.45, 7) is -1.03. The van der Waals surface area contributed by atoms with Gasteiger partial charge < -0.3 is 24.8 Å². The Morgan fingerprint density at radius 3 is 1.80 bits per heavy atom. The monoisotopic (exact) mass is 292 g/mol. The first-order valence-electron chi connectivity index (χ1n) is 5.74. The molecule has 3 N–H and O–H groups in total. The number of aliphatic carboxylic acids is 2. The molecule has 0 saturated heterocycles. The lowest BCUT2D eigenvalue weighted by molar-refractivity contribution is -0.162. The van der Waals surface area contributed by atoms with E-state index < -0.39 is 49.6 Å². The molecule has 0 aliphatic carbocycles. The van der Waals surface area contributed by atoms with Gasteiger partial charge in [-0.05, 0) is 0 Å². The molecule has 9 heteroatoms. The Balaban J connectivity index is 3.96. The van der Waals surface area contributed by atoms with Crippen molar-refractivity contribution in [1.29, 1.82) is 0 Å². The van der Waals surface area contributed by atoms with Crippen molar-refractivity contribution in [2.24, 2.45) is 0 Å². The summed E-state index contributed by atoms with van der Waals surface area (Å²) >= 11 is 0. The second-order valence-electron chi connectivity index (χ2n) is 3.76. The van der Waals surface area contributed by atoms with E-state index >= 15 is 0 Å². The van der Waals surface area contributed by atoms with Crippen LogP contribution in [0, 0.1) is 0 Å². The van der Waals surface area contributed by atoms with E-state index in [9.17, 15) is 19.2 Å². The van der Waals surface area contributed by atoms with Gasteiger partial charge >= 0.3 is 23.9 Å². The van der Waals surface area contributed by atoms with Crippen molar-refractivity contribution >= 4 is 23.9 Å². The van der Waals surface area contributed by atoms with Crippen molar-refractivity contribution in [2.45, 2.75) is 31.8 Å².